The Labute approximate surface area is 188 Å². The number of anilines is 1. The van der Waals surface area contributed by atoms with Crippen molar-refractivity contribution in [2.45, 2.75) is 37.6 Å². The van der Waals surface area contributed by atoms with Crippen molar-refractivity contribution in [1.82, 2.24) is 9.62 Å². The molecule has 1 aromatic carbocycles. The predicted molar refractivity (Wildman–Crippen MR) is 119 cm³/mol. The molecule has 32 heavy (non-hydrogen) atoms. The van der Waals surface area contributed by atoms with Crippen molar-refractivity contribution in [2.75, 3.05) is 29.7 Å². The lowest BCUT2D eigenvalue weighted by molar-refractivity contribution is -0.123. The summed E-state index contributed by atoms with van der Waals surface area (Å²) in [5.41, 5.74) is -0.897. The molecule has 0 saturated carbocycles. The van der Waals surface area contributed by atoms with Crippen LogP contribution in [0, 0.1) is 5.41 Å². The molecule has 3 heterocycles. The molecule has 0 bridgehead atoms. The van der Waals surface area contributed by atoms with Gasteiger partial charge < -0.3 is 4.42 Å². The first kappa shape index (κ1) is 23.0. The molecular weight excluding hydrogens is 454 g/mol. The number of amides is 1. The van der Waals surface area contributed by atoms with Crippen LogP contribution in [-0.4, -0.2) is 53.0 Å². The molecule has 2 aliphatic heterocycles. The Morgan fingerprint density at radius 3 is 2.31 bits per heavy atom. The molecule has 174 valence electrons. The highest BCUT2D eigenvalue weighted by molar-refractivity contribution is 7.94. The van der Waals surface area contributed by atoms with Gasteiger partial charge in [-0.2, -0.15) is 0 Å². The van der Waals surface area contributed by atoms with Gasteiger partial charge in [-0.25, -0.2) is 25.9 Å². The third-order valence-electron chi connectivity index (χ3n) is 5.89. The van der Waals surface area contributed by atoms with Crippen LogP contribution in [0.15, 0.2) is 52.0 Å². The Hall–Kier alpha value is -2.21. The van der Waals surface area contributed by atoms with Crippen molar-refractivity contribution < 1.29 is 26.0 Å². The first-order valence-electron chi connectivity index (χ1n) is 10.5. The van der Waals surface area contributed by atoms with Gasteiger partial charge >= 0.3 is 0 Å². The van der Waals surface area contributed by atoms with Gasteiger partial charge in [0.1, 0.15) is 5.76 Å². The Balaban J connectivity index is 1.51. The van der Waals surface area contributed by atoms with E-state index in [1.54, 1.807) is 26.2 Å². The van der Waals surface area contributed by atoms with Crippen LogP contribution in [0.4, 0.5) is 5.69 Å². The van der Waals surface area contributed by atoms with Crippen LogP contribution in [0.2, 0.25) is 0 Å². The van der Waals surface area contributed by atoms with Gasteiger partial charge in [-0.15, -0.1) is 0 Å². The number of rotatable bonds is 7. The van der Waals surface area contributed by atoms with Crippen LogP contribution in [0.25, 0.3) is 0 Å². The topological polar surface area (TPSA) is 117 Å². The van der Waals surface area contributed by atoms with E-state index in [4.69, 9.17) is 4.42 Å². The average Bonchev–Trinajstić information content (AvgIpc) is 3.44. The number of carbonyl (C=O) groups is 1. The maximum absolute atomic E-state index is 12.9. The Bertz CT molecular complexity index is 1180. The summed E-state index contributed by atoms with van der Waals surface area (Å²) in [5.74, 6) is -0.117. The molecule has 2 fully saturated rings. The SMILES string of the molecule is CC1(C)CS(=O)(=O)N(c2ccc(S(=O)(=O)NC[C@@H](c3ccco3)N3CCCC3)cc2)C1=O. The van der Waals surface area contributed by atoms with Crippen LogP contribution >= 0.6 is 0 Å². The molecule has 9 nitrogen and oxygen atoms in total. The Morgan fingerprint density at radius 1 is 1.12 bits per heavy atom. The summed E-state index contributed by atoms with van der Waals surface area (Å²) < 4.78 is 59.6. The molecule has 4 rings (SSSR count). The van der Waals surface area contributed by atoms with Gasteiger partial charge in [0.05, 0.1) is 34.1 Å². The van der Waals surface area contributed by atoms with Crippen molar-refractivity contribution in [2.24, 2.45) is 5.41 Å². The van der Waals surface area contributed by atoms with Crippen LogP contribution in [0.5, 0.6) is 0 Å². The number of nitrogens with one attached hydrogen (secondary N) is 1. The first-order chi connectivity index (χ1) is 15.0. The van der Waals surface area contributed by atoms with Gasteiger partial charge in [-0.3, -0.25) is 9.69 Å². The van der Waals surface area contributed by atoms with E-state index in [1.807, 2.05) is 6.07 Å². The number of nitrogens with zero attached hydrogens (tertiary/aromatic N) is 2. The molecule has 1 atom stereocenters. The largest absolute Gasteiger partial charge is 0.468 e. The lowest BCUT2D eigenvalue weighted by atomic mass is 9.95. The normalized spacial score (nSPS) is 21.8. The van der Waals surface area contributed by atoms with E-state index in [-0.39, 0.29) is 28.9 Å². The van der Waals surface area contributed by atoms with Crippen molar-refractivity contribution in [3.05, 3.63) is 48.4 Å². The van der Waals surface area contributed by atoms with Crippen LogP contribution in [0.1, 0.15) is 38.5 Å². The smallest absolute Gasteiger partial charge is 0.247 e. The second-order valence-corrected chi connectivity index (χ2v) is 12.4. The van der Waals surface area contributed by atoms with E-state index in [2.05, 4.69) is 9.62 Å². The number of furan rings is 1. The third-order valence-corrected chi connectivity index (χ3v) is 9.35. The average molecular weight is 482 g/mol. The van der Waals surface area contributed by atoms with Gasteiger partial charge in [0.25, 0.3) is 0 Å². The predicted octanol–water partition coefficient (Wildman–Crippen LogP) is 2.10. The fourth-order valence-electron chi connectivity index (χ4n) is 4.24. The standard InChI is InChI=1S/C21H27N3O6S2/c1-21(2)15-31(26,27)24(20(21)25)16-7-9-17(10-8-16)32(28,29)22-14-18(19-6-5-13-30-19)23-11-3-4-12-23/h5-10,13,18,22H,3-4,11-12,14-15H2,1-2H3/t18-/m0/s1. The van der Waals surface area contributed by atoms with Gasteiger partial charge in [0.15, 0.2) is 0 Å². The summed E-state index contributed by atoms with van der Waals surface area (Å²) >= 11 is 0. The number of hydrogen-bond acceptors (Lipinski definition) is 7. The zero-order valence-corrected chi connectivity index (χ0v) is 19.7. The van der Waals surface area contributed by atoms with E-state index in [9.17, 15) is 21.6 Å². The highest BCUT2D eigenvalue weighted by atomic mass is 32.2. The van der Waals surface area contributed by atoms with Crippen molar-refractivity contribution in [3.63, 3.8) is 0 Å². The molecular formula is C21H27N3O6S2. The summed E-state index contributed by atoms with van der Waals surface area (Å²) in [6.45, 7) is 5.04. The molecule has 0 unspecified atom stereocenters. The number of carbonyl (C=O) groups excluding carboxylic acids is 1. The number of likely N-dealkylation sites (tertiary alicyclic amines) is 1. The van der Waals surface area contributed by atoms with Gasteiger partial charge in [-0.1, -0.05) is 0 Å². The molecule has 0 radical (unpaired) electrons. The summed E-state index contributed by atoms with van der Waals surface area (Å²) in [6.07, 6.45) is 3.68. The molecule has 1 N–H and O–H groups in total. The monoisotopic (exact) mass is 481 g/mol. The molecule has 1 amide bonds. The second kappa shape index (κ2) is 8.29. The first-order valence-corrected chi connectivity index (χ1v) is 13.6. The molecule has 2 aliphatic rings. The fraction of sp³-hybridized carbons (Fsp3) is 0.476. The van der Waals surface area contributed by atoms with Crippen LogP contribution in [0.3, 0.4) is 0 Å². The lowest BCUT2D eigenvalue weighted by Gasteiger charge is -2.26. The molecule has 2 saturated heterocycles. The maximum Gasteiger partial charge on any atom is 0.247 e. The summed E-state index contributed by atoms with van der Waals surface area (Å²) in [5, 5.41) is 0. The number of benzene rings is 1. The molecule has 1 aromatic heterocycles. The van der Waals surface area contributed by atoms with E-state index in [0.29, 0.717) is 5.76 Å². The quantitative estimate of drug-likeness (QED) is 0.644. The Morgan fingerprint density at radius 2 is 1.78 bits per heavy atom. The summed E-state index contributed by atoms with van der Waals surface area (Å²) in [4.78, 5) is 14.7. The van der Waals surface area contributed by atoms with E-state index >= 15 is 0 Å². The zero-order valence-electron chi connectivity index (χ0n) is 18.0. The van der Waals surface area contributed by atoms with Gasteiger partial charge in [0.2, 0.25) is 26.0 Å². The minimum absolute atomic E-state index is 0.0100. The third kappa shape index (κ3) is 4.34. The molecule has 11 heteroatoms. The van der Waals surface area contributed by atoms with E-state index < -0.39 is 31.4 Å². The van der Waals surface area contributed by atoms with Gasteiger partial charge in [-0.05, 0) is 76.2 Å². The number of sulfonamides is 2. The minimum Gasteiger partial charge on any atom is -0.468 e. The molecule has 0 spiro atoms. The highest BCUT2D eigenvalue weighted by Gasteiger charge is 2.49. The fourth-order valence-corrected chi connectivity index (χ4v) is 7.38. The van der Waals surface area contributed by atoms with E-state index in [1.165, 1.54) is 24.3 Å². The molecule has 2 aromatic rings. The van der Waals surface area contributed by atoms with Crippen molar-refractivity contribution in [3.8, 4) is 0 Å². The zero-order chi connectivity index (χ0) is 23.1. The minimum atomic E-state index is -3.85. The van der Waals surface area contributed by atoms with Crippen LogP contribution < -0.4 is 9.03 Å². The second-order valence-electron chi connectivity index (χ2n) is 8.83. The highest BCUT2D eigenvalue weighted by Crippen LogP contribution is 2.36. The maximum atomic E-state index is 12.9. The van der Waals surface area contributed by atoms with E-state index in [0.717, 1.165) is 30.2 Å². The van der Waals surface area contributed by atoms with Crippen LogP contribution in [-0.2, 0) is 24.8 Å². The summed E-state index contributed by atoms with van der Waals surface area (Å²) in [7, 11) is -7.65. The Kier molecular flexibility index (Phi) is 5.95. The van der Waals surface area contributed by atoms with Crippen molar-refractivity contribution >= 4 is 31.6 Å². The number of hydrogen-bond donors (Lipinski definition) is 1. The lowest BCUT2D eigenvalue weighted by Crippen LogP contribution is -2.36. The summed E-state index contributed by atoms with van der Waals surface area (Å²) in [6, 6.07) is 8.71. The molecule has 0 aliphatic carbocycles. The van der Waals surface area contributed by atoms with Gasteiger partial charge in [0, 0.05) is 6.54 Å². The van der Waals surface area contributed by atoms with Crippen molar-refractivity contribution in [1.29, 1.82) is 0 Å².